The highest BCUT2D eigenvalue weighted by Gasteiger charge is 2.34. The molecule has 0 bridgehead atoms. The third kappa shape index (κ3) is 1.51. The summed E-state index contributed by atoms with van der Waals surface area (Å²) in [4.78, 5) is 15.2. The fourth-order valence-electron chi connectivity index (χ4n) is 1.85. The second-order valence-electron chi connectivity index (χ2n) is 3.39. The van der Waals surface area contributed by atoms with Crippen LogP contribution in [0.2, 0.25) is 0 Å². The summed E-state index contributed by atoms with van der Waals surface area (Å²) >= 11 is 0. The van der Waals surface area contributed by atoms with Crippen molar-refractivity contribution in [1.82, 2.24) is 5.48 Å². The fourth-order valence-corrected chi connectivity index (χ4v) is 1.85. The van der Waals surface area contributed by atoms with Crippen LogP contribution in [0.15, 0.2) is 4.99 Å². The number of rotatable bonds is 0. The van der Waals surface area contributed by atoms with Gasteiger partial charge in [-0.15, -0.1) is 0 Å². The van der Waals surface area contributed by atoms with E-state index in [9.17, 15) is 4.79 Å². The first-order valence-electron chi connectivity index (χ1n) is 4.50. The molecular formula is C8H12N2O3. The smallest absolute Gasteiger partial charge is 0.376 e. The third-order valence-corrected chi connectivity index (χ3v) is 2.52. The molecule has 2 atom stereocenters. The van der Waals surface area contributed by atoms with Crippen molar-refractivity contribution in [3.8, 4) is 0 Å². The largest absolute Gasteiger partial charge is 0.454 e. The lowest BCUT2D eigenvalue weighted by atomic mass is 9.92. The van der Waals surface area contributed by atoms with Crippen molar-refractivity contribution in [3.63, 3.8) is 0 Å². The first-order chi connectivity index (χ1) is 6.31. The first-order valence-corrected chi connectivity index (χ1v) is 4.50. The topological polar surface area (TPSA) is 70.9 Å². The van der Waals surface area contributed by atoms with Crippen molar-refractivity contribution < 1.29 is 14.7 Å². The van der Waals surface area contributed by atoms with E-state index in [1.54, 1.807) is 5.48 Å². The number of carbonyl (C=O) groups is 1. The van der Waals surface area contributed by atoms with Crippen molar-refractivity contribution in [2.24, 2.45) is 4.99 Å². The molecule has 0 aromatic heterocycles. The number of hydroxylamine groups is 1. The van der Waals surface area contributed by atoms with Gasteiger partial charge in [-0.25, -0.2) is 10.3 Å². The molecule has 5 heteroatoms. The summed E-state index contributed by atoms with van der Waals surface area (Å²) in [5.41, 5.74) is 1.76. The maximum atomic E-state index is 11.1. The minimum atomic E-state index is -0.550. The molecule has 13 heavy (non-hydrogen) atoms. The van der Waals surface area contributed by atoms with E-state index in [0.717, 1.165) is 25.7 Å². The minimum Gasteiger partial charge on any atom is -0.454 e. The number of carbonyl (C=O) groups excluding carboxylic acids is 1. The lowest BCUT2D eigenvalue weighted by Crippen LogP contribution is -2.45. The molecule has 1 aliphatic carbocycles. The zero-order valence-electron chi connectivity index (χ0n) is 7.19. The van der Waals surface area contributed by atoms with Gasteiger partial charge < -0.3 is 4.74 Å². The molecule has 0 aromatic rings. The lowest BCUT2D eigenvalue weighted by molar-refractivity contribution is -0.145. The highest BCUT2D eigenvalue weighted by Crippen LogP contribution is 2.26. The molecular weight excluding hydrogens is 172 g/mol. The number of nitrogens with zero attached hydrogens (tertiary/aromatic N) is 1. The molecule has 1 saturated carbocycles. The van der Waals surface area contributed by atoms with Crippen molar-refractivity contribution in [2.45, 2.75) is 37.8 Å². The Labute approximate surface area is 75.8 Å². The first kappa shape index (κ1) is 8.50. The molecule has 0 saturated heterocycles. The van der Waals surface area contributed by atoms with E-state index >= 15 is 0 Å². The van der Waals surface area contributed by atoms with Gasteiger partial charge in [-0.2, -0.15) is 0 Å². The van der Waals surface area contributed by atoms with Crippen LogP contribution in [0.1, 0.15) is 25.7 Å². The van der Waals surface area contributed by atoms with Crippen LogP contribution in [0.4, 0.5) is 0 Å². The number of amidine groups is 1. The Morgan fingerprint density at radius 1 is 1.46 bits per heavy atom. The standard InChI is InChI=1S/C8H12N2O3/c11-8-7(10-12)9-5-3-1-2-4-6(5)13-8/h5-6,12H,1-4H2,(H,9,10). The van der Waals surface area contributed by atoms with E-state index in [4.69, 9.17) is 9.94 Å². The van der Waals surface area contributed by atoms with Crippen LogP contribution in [0, 0.1) is 0 Å². The van der Waals surface area contributed by atoms with Gasteiger partial charge in [-0.1, -0.05) is 6.42 Å². The highest BCUT2D eigenvalue weighted by molar-refractivity contribution is 6.35. The van der Waals surface area contributed by atoms with Gasteiger partial charge in [0, 0.05) is 0 Å². The Balaban J connectivity index is 2.16. The third-order valence-electron chi connectivity index (χ3n) is 2.52. The molecule has 0 aromatic carbocycles. The molecule has 0 radical (unpaired) electrons. The number of aliphatic imine (C=N–C) groups is 1. The normalized spacial score (nSPS) is 33.0. The van der Waals surface area contributed by atoms with Crippen LogP contribution < -0.4 is 5.48 Å². The zero-order chi connectivity index (χ0) is 9.26. The Hall–Kier alpha value is -1.10. The van der Waals surface area contributed by atoms with Gasteiger partial charge >= 0.3 is 5.97 Å². The Kier molecular flexibility index (Phi) is 2.18. The zero-order valence-corrected chi connectivity index (χ0v) is 7.19. The Morgan fingerprint density at radius 2 is 2.23 bits per heavy atom. The van der Waals surface area contributed by atoms with E-state index in [2.05, 4.69) is 4.99 Å². The summed E-state index contributed by atoms with van der Waals surface area (Å²) < 4.78 is 5.10. The summed E-state index contributed by atoms with van der Waals surface area (Å²) in [6, 6.07) is 0.0427. The average molecular weight is 184 g/mol. The van der Waals surface area contributed by atoms with Crippen LogP contribution >= 0.6 is 0 Å². The van der Waals surface area contributed by atoms with Gasteiger partial charge in [-0.05, 0) is 19.3 Å². The summed E-state index contributed by atoms with van der Waals surface area (Å²) in [5, 5.41) is 8.57. The van der Waals surface area contributed by atoms with E-state index in [-0.39, 0.29) is 18.0 Å². The van der Waals surface area contributed by atoms with Crippen molar-refractivity contribution in [3.05, 3.63) is 0 Å². The molecule has 2 aliphatic rings. The number of hydrogen-bond donors (Lipinski definition) is 2. The predicted octanol–water partition coefficient (Wildman–Crippen LogP) is 0.232. The summed E-state index contributed by atoms with van der Waals surface area (Å²) in [6.07, 6.45) is 3.95. The second-order valence-corrected chi connectivity index (χ2v) is 3.39. The molecule has 0 spiro atoms. The van der Waals surface area contributed by atoms with Crippen LogP contribution in [0.3, 0.4) is 0 Å². The fraction of sp³-hybridized carbons (Fsp3) is 0.750. The van der Waals surface area contributed by atoms with Crippen LogP contribution in [0.5, 0.6) is 0 Å². The summed E-state index contributed by atoms with van der Waals surface area (Å²) in [7, 11) is 0. The molecule has 2 rings (SSSR count). The SMILES string of the molecule is O=C1OC2CCCCC2N=C1NO. The van der Waals surface area contributed by atoms with Gasteiger partial charge in [0.15, 0.2) is 0 Å². The number of fused-ring (bicyclic) bond motifs is 1. The van der Waals surface area contributed by atoms with Crippen molar-refractivity contribution in [1.29, 1.82) is 0 Å². The second kappa shape index (κ2) is 3.33. The lowest BCUT2D eigenvalue weighted by Gasteiger charge is -2.31. The molecule has 0 amide bonds. The average Bonchev–Trinajstić information content (AvgIpc) is 2.17. The molecule has 2 unspecified atom stereocenters. The van der Waals surface area contributed by atoms with Crippen LogP contribution in [-0.4, -0.2) is 29.2 Å². The Morgan fingerprint density at radius 3 is 3.00 bits per heavy atom. The number of ether oxygens (including phenoxy) is 1. The number of esters is 1. The van der Waals surface area contributed by atoms with Gasteiger partial charge in [0.25, 0.3) is 0 Å². The van der Waals surface area contributed by atoms with Gasteiger partial charge in [0.2, 0.25) is 5.84 Å². The van der Waals surface area contributed by atoms with Crippen LogP contribution in [0.25, 0.3) is 0 Å². The molecule has 1 aliphatic heterocycles. The van der Waals surface area contributed by atoms with Crippen LogP contribution in [-0.2, 0) is 9.53 Å². The maximum Gasteiger partial charge on any atom is 0.376 e. The Bertz CT molecular complexity index is 252. The van der Waals surface area contributed by atoms with E-state index < -0.39 is 5.97 Å². The minimum absolute atomic E-state index is 0.0427. The number of nitrogens with one attached hydrogen (secondary N) is 1. The van der Waals surface area contributed by atoms with E-state index in [1.165, 1.54) is 0 Å². The van der Waals surface area contributed by atoms with Gasteiger partial charge in [0.1, 0.15) is 6.10 Å². The van der Waals surface area contributed by atoms with E-state index in [1.807, 2.05) is 0 Å². The van der Waals surface area contributed by atoms with Crippen molar-refractivity contribution in [2.75, 3.05) is 0 Å². The molecule has 1 heterocycles. The summed E-state index contributed by atoms with van der Waals surface area (Å²) in [5.74, 6) is -0.617. The maximum absolute atomic E-state index is 11.1. The summed E-state index contributed by atoms with van der Waals surface area (Å²) in [6.45, 7) is 0. The van der Waals surface area contributed by atoms with Gasteiger partial charge in [-0.3, -0.25) is 10.2 Å². The molecule has 2 N–H and O–H groups in total. The highest BCUT2D eigenvalue weighted by atomic mass is 16.6. The quantitative estimate of drug-likeness (QED) is 0.417. The monoisotopic (exact) mass is 184 g/mol. The predicted molar refractivity (Wildman–Crippen MR) is 44.5 cm³/mol. The van der Waals surface area contributed by atoms with E-state index in [0.29, 0.717) is 0 Å². The van der Waals surface area contributed by atoms with Crippen molar-refractivity contribution >= 4 is 11.8 Å². The molecule has 1 fully saturated rings. The van der Waals surface area contributed by atoms with Gasteiger partial charge in [0.05, 0.1) is 6.04 Å². The molecule has 5 nitrogen and oxygen atoms in total. The number of hydrogen-bond acceptors (Lipinski definition) is 5. The molecule has 72 valence electrons.